The minimum absolute atomic E-state index is 0.578. The number of anilines is 1. The minimum Gasteiger partial charge on any atom is -0.348 e. The molecular weight excluding hydrogens is 230 g/mol. The van der Waals surface area contributed by atoms with Crippen LogP contribution in [0.1, 0.15) is 23.7 Å². The SMILES string of the molecule is C[C@@H]1CNC[C@H]2Cc3cc4c(nc3N21)CSC4. The van der Waals surface area contributed by atoms with Crippen LogP contribution in [0, 0.1) is 0 Å². The van der Waals surface area contributed by atoms with Gasteiger partial charge in [0.05, 0.1) is 5.69 Å². The number of rotatable bonds is 0. The van der Waals surface area contributed by atoms with Crippen LogP contribution in [0.25, 0.3) is 0 Å². The van der Waals surface area contributed by atoms with E-state index in [-0.39, 0.29) is 0 Å². The lowest BCUT2D eigenvalue weighted by Crippen LogP contribution is -2.55. The summed E-state index contributed by atoms with van der Waals surface area (Å²) in [7, 11) is 0. The summed E-state index contributed by atoms with van der Waals surface area (Å²) in [4.78, 5) is 7.50. The van der Waals surface area contributed by atoms with Crippen molar-refractivity contribution in [3.8, 4) is 0 Å². The van der Waals surface area contributed by atoms with Gasteiger partial charge in [-0.15, -0.1) is 0 Å². The number of aromatic nitrogens is 1. The highest BCUT2D eigenvalue weighted by molar-refractivity contribution is 7.98. The Morgan fingerprint density at radius 1 is 1.35 bits per heavy atom. The molecule has 0 saturated carbocycles. The van der Waals surface area contributed by atoms with Gasteiger partial charge in [-0.05, 0) is 30.5 Å². The third kappa shape index (κ3) is 1.43. The number of nitrogens with one attached hydrogen (secondary N) is 1. The van der Waals surface area contributed by atoms with Gasteiger partial charge in [0.1, 0.15) is 5.82 Å². The molecule has 0 unspecified atom stereocenters. The molecule has 0 radical (unpaired) electrons. The molecule has 3 aliphatic heterocycles. The molecule has 1 N–H and O–H groups in total. The van der Waals surface area contributed by atoms with Crippen LogP contribution in [0.3, 0.4) is 0 Å². The van der Waals surface area contributed by atoms with E-state index in [0.717, 1.165) is 24.6 Å². The van der Waals surface area contributed by atoms with Crippen LogP contribution in [-0.2, 0) is 17.9 Å². The zero-order valence-electron chi connectivity index (χ0n) is 10.1. The molecule has 0 spiro atoms. The van der Waals surface area contributed by atoms with Gasteiger partial charge < -0.3 is 10.2 Å². The van der Waals surface area contributed by atoms with Gasteiger partial charge in [-0.2, -0.15) is 11.8 Å². The molecule has 0 aliphatic carbocycles. The summed E-state index contributed by atoms with van der Waals surface area (Å²) in [5.41, 5.74) is 4.29. The molecule has 4 heteroatoms. The Hall–Kier alpha value is -0.740. The van der Waals surface area contributed by atoms with Crippen molar-refractivity contribution in [1.82, 2.24) is 10.3 Å². The fraction of sp³-hybridized carbons (Fsp3) is 0.615. The quantitative estimate of drug-likeness (QED) is 0.753. The van der Waals surface area contributed by atoms with Crippen molar-refractivity contribution in [2.24, 2.45) is 0 Å². The second kappa shape index (κ2) is 3.62. The molecule has 17 heavy (non-hydrogen) atoms. The topological polar surface area (TPSA) is 28.2 Å². The molecule has 1 aromatic rings. The smallest absolute Gasteiger partial charge is 0.132 e. The summed E-state index contributed by atoms with van der Waals surface area (Å²) in [6, 6.07) is 3.63. The van der Waals surface area contributed by atoms with Crippen LogP contribution < -0.4 is 10.2 Å². The van der Waals surface area contributed by atoms with E-state index in [0.29, 0.717) is 12.1 Å². The molecule has 3 nitrogen and oxygen atoms in total. The van der Waals surface area contributed by atoms with Crippen molar-refractivity contribution in [3.05, 3.63) is 22.9 Å². The van der Waals surface area contributed by atoms with Crippen LogP contribution in [-0.4, -0.2) is 30.2 Å². The summed E-state index contributed by atoms with van der Waals surface area (Å²) >= 11 is 1.99. The van der Waals surface area contributed by atoms with Crippen LogP contribution in [0.2, 0.25) is 0 Å². The molecule has 1 fully saturated rings. The van der Waals surface area contributed by atoms with Gasteiger partial charge >= 0.3 is 0 Å². The van der Waals surface area contributed by atoms with Gasteiger partial charge in [-0.3, -0.25) is 0 Å². The fourth-order valence-corrected chi connectivity index (χ4v) is 4.35. The molecule has 0 bridgehead atoms. The Balaban J connectivity index is 1.81. The maximum atomic E-state index is 4.95. The third-order valence-electron chi connectivity index (χ3n) is 4.13. The molecule has 0 amide bonds. The van der Waals surface area contributed by atoms with Crippen LogP contribution in [0.4, 0.5) is 5.82 Å². The first kappa shape index (κ1) is 10.2. The maximum absolute atomic E-state index is 4.95. The molecular formula is C13H17N3S. The van der Waals surface area contributed by atoms with E-state index in [1.54, 1.807) is 0 Å². The largest absolute Gasteiger partial charge is 0.348 e. The molecule has 4 rings (SSSR count). The number of hydrogen-bond donors (Lipinski definition) is 1. The zero-order chi connectivity index (χ0) is 11.4. The lowest BCUT2D eigenvalue weighted by atomic mass is 10.1. The van der Waals surface area contributed by atoms with Gasteiger partial charge in [0, 0.05) is 36.7 Å². The zero-order valence-corrected chi connectivity index (χ0v) is 10.9. The highest BCUT2D eigenvalue weighted by Crippen LogP contribution is 2.38. The molecule has 1 aromatic heterocycles. The first-order chi connectivity index (χ1) is 8.33. The number of pyridine rings is 1. The third-order valence-corrected chi connectivity index (χ3v) is 5.12. The monoisotopic (exact) mass is 247 g/mol. The van der Waals surface area contributed by atoms with Crippen molar-refractivity contribution < 1.29 is 0 Å². The maximum Gasteiger partial charge on any atom is 0.132 e. The van der Waals surface area contributed by atoms with Gasteiger partial charge in [-0.25, -0.2) is 4.98 Å². The summed E-state index contributed by atoms with van der Waals surface area (Å²) in [5.74, 6) is 3.55. The summed E-state index contributed by atoms with van der Waals surface area (Å²) in [6.07, 6.45) is 1.18. The van der Waals surface area contributed by atoms with Crippen LogP contribution in [0.5, 0.6) is 0 Å². The minimum atomic E-state index is 0.578. The number of hydrogen-bond acceptors (Lipinski definition) is 4. The summed E-state index contributed by atoms with van der Waals surface area (Å²) < 4.78 is 0. The van der Waals surface area contributed by atoms with Crippen molar-refractivity contribution in [1.29, 1.82) is 0 Å². The van der Waals surface area contributed by atoms with E-state index in [4.69, 9.17) is 4.98 Å². The molecule has 3 aliphatic rings. The van der Waals surface area contributed by atoms with E-state index in [1.165, 1.54) is 29.1 Å². The van der Waals surface area contributed by atoms with E-state index in [9.17, 15) is 0 Å². The number of nitrogens with zero attached hydrogens (tertiary/aromatic N) is 2. The van der Waals surface area contributed by atoms with Crippen molar-refractivity contribution >= 4 is 17.6 Å². The van der Waals surface area contributed by atoms with Gasteiger partial charge in [0.15, 0.2) is 0 Å². The predicted molar refractivity (Wildman–Crippen MR) is 71.5 cm³/mol. The van der Waals surface area contributed by atoms with E-state index in [1.807, 2.05) is 11.8 Å². The highest BCUT2D eigenvalue weighted by atomic mass is 32.2. The van der Waals surface area contributed by atoms with E-state index >= 15 is 0 Å². The van der Waals surface area contributed by atoms with Crippen molar-refractivity contribution in [3.63, 3.8) is 0 Å². The Labute approximate surface area is 106 Å². The van der Waals surface area contributed by atoms with E-state index in [2.05, 4.69) is 23.2 Å². The summed E-state index contributed by atoms with van der Waals surface area (Å²) in [6.45, 7) is 4.50. The molecule has 90 valence electrons. The number of thioether (sulfide) groups is 1. The standard InChI is InChI=1S/C13H17N3S/c1-8-4-14-5-11-3-9-2-10-6-17-7-12(10)15-13(9)16(8)11/h2,8,11,14H,3-7H2,1H3/t8-,11-/m1/s1. The summed E-state index contributed by atoms with van der Waals surface area (Å²) in [5, 5.41) is 3.52. The normalized spacial score (nSPS) is 30.1. The Morgan fingerprint density at radius 2 is 2.29 bits per heavy atom. The van der Waals surface area contributed by atoms with Gasteiger partial charge in [0.2, 0.25) is 0 Å². The van der Waals surface area contributed by atoms with E-state index < -0.39 is 0 Å². The Kier molecular flexibility index (Phi) is 2.18. The molecule has 1 saturated heterocycles. The number of piperazine rings is 1. The molecule has 0 aromatic carbocycles. The fourth-order valence-electron chi connectivity index (χ4n) is 3.33. The lowest BCUT2D eigenvalue weighted by Gasteiger charge is -2.37. The molecule has 4 heterocycles. The predicted octanol–water partition coefficient (Wildman–Crippen LogP) is 1.55. The second-order valence-electron chi connectivity index (χ2n) is 5.34. The van der Waals surface area contributed by atoms with Crippen molar-refractivity contribution in [2.45, 2.75) is 36.9 Å². The van der Waals surface area contributed by atoms with Gasteiger partial charge in [-0.1, -0.05) is 0 Å². The first-order valence-electron chi connectivity index (χ1n) is 6.41. The first-order valence-corrected chi connectivity index (χ1v) is 7.57. The van der Waals surface area contributed by atoms with Crippen molar-refractivity contribution in [2.75, 3.05) is 18.0 Å². The van der Waals surface area contributed by atoms with Crippen LogP contribution in [0.15, 0.2) is 6.07 Å². The highest BCUT2D eigenvalue weighted by Gasteiger charge is 2.37. The Bertz CT molecular complexity index is 474. The number of fused-ring (bicyclic) bond motifs is 4. The average Bonchev–Trinajstić information content (AvgIpc) is 2.88. The van der Waals surface area contributed by atoms with Gasteiger partial charge in [0.25, 0.3) is 0 Å². The Morgan fingerprint density at radius 3 is 3.24 bits per heavy atom. The lowest BCUT2D eigenvalue weighted by molar-refractivity contribution is 0.427. The average molecular weight is 247 g/mol. The molecule has 2 atom stereocenters. The second-order valence-corrected chi connectivity index (χ2v) is 6.33. The van der Waals surface area contributed by atoms with Crippen LogP contribution >= 0.6 is 11.8 Å².